The molecule has 1 atom stereocenters. The number of ketones is 1. The molecule has 0 spiro atoms. The molecule has 1 aromatic carbocycles. The van der Waals surface area contributed by atoms with E-state index in [1.807, 2.05) is 46.8 Å². The molecule has 0 bridgehead atoms. The van der Waals surface area contributed by atoms with Gasteiger partial charge in [0, 0.05) is 5.56 Å². The Morgan fingerprint density at radius 1 is 1.13 bits per heavy atom. The average Bonchev–Trinajstić information content (AvgIpc) is 2.69. The molecule has 5 nitrogen and oxygen atoms in total. The number of Topliss-reactive ketones (excluding diaryl/α,β-unsaturated/α-hetero) is 1. The zero-order chi connectivity index (χ0) is 17.3. The van der Waals surface area contributed by atoms with Crippen molar-refractivity contribution in [3.05, 3.63) is 34.4 Å². The summed E-state index contributed by atoms with van der Waals surface area (Å²) in [5.41, 5.74) is 3.57. The topological polar surface area (TPSA) is 66.5 Å². The van der Waals surface area contributed by atoms with Crippen molar-refractivity contribution in [2.75, 3.05) is 6.54 Å². The number of hydrogen-bond donors (Lipinski definition) is 1. The second-order valence-corrected chi connectivity index (χ2v) is 6.73. The van der Waals surface area contributed by atoms with Crippen LogP contribution in [0.5, 0.6) is 0 Å². The normalized spacial score (nSPS) is 17.8. The van der Waals surface area contributed by atoms with E-state index in [9.17, 15) is 14.4 Å². The fourth-order valence-electron chi connectivity index (χ4n) is 2.85. The first kappa shape index (κ1) is 17.2. The summed E-state index contributed by atoms with van der Waals surface area (Å²) in [4.78, 5) is 37.9. The molecule has 1 saturated heterocycles. The minimum atomic E-state index is -0.517. The third kappa shape index (κ3) is 3.60. The highest BCUT2D eigenvalue weighted by Gasteiger charge is 2.39. The van der Waals surface area contributed by atoms with Crippen molar-refractivity contribution in [2.24, 2.45) is 5.92 Å². The molecule has 124 valence electrons. The summed E-state index contributed by atoms with van der Waals surface area (Å²) in [6.45, 7) is 9.58. The molecule has 1 N–H and O–H groups in total. The van der Waals surface area contributed by atoms with Gasteiger partial charge >= 0.3 is 6.03 Å². The third-order valence-electron chi connectivity index (χ3n) is 4.26. The Balaban J connectivity index is 2.16. The molecule has 1 aliphatic rings. The fourth-order valence-corrected chi connectivity index (χ4v) is 2.85. The molecular weight excluding hydrogens is 292 g/mol. The number of urea groups is 1. The lowest BCUT2D eigenvalue weighted by Crippen LogP contribution is -2.36. The van der Waals surface area contributed by atoms with Crippen LogP contribution in [0, 0.1) is 26.7 Å². The second kappa shape index (κ2) is 6.52. The van der Waals surface area contributed by atoms with Crippen LogP contribution in [0.25, 0.3) is 0 Å². The van der Waals surface area contributed by atoms with Crippen LogP contribution < -0.4 is 5.32 Å². The Morgan fingerprint density at radius 3 is 2.35 bits per heavy atom. The Bertz CT molecular complexity index is 664. The van der Waals surface area contributed by atoms with Crippen LogP contribution in [0.2, 0.25) is 0 Å². The van der Waals surface area contributed by atoms with E-state index in [0.717, 1.165) is 21.6 Å². The van der Waals surface area contributed by atoms with Gasteiger partial charge in [0.2, 0.25) is 0 Å². The number of hydrogen-bond acceptors (Lipinski definition) is 3. The van der Waals surface area contributed by atoms with Gasteiger partial charge in [-0.3, -0.25) is 14.5 Å². The first-order valence-electron chi connectivity index (χ1n) is 7.93. The van der Waals surface area contributed by atoms with Crippen molar-refractivity contribution < 1.29 is 14.4 Å². The van der Waals surface area contributed by atoms with Crippen LogP contribution in [0.1, 0.15) is 47.3 Å². The minimum absolute atomic E-state index is 0.206. The Labute approximate surface area is 137 Å². The molecule has 1 unspecified atom stereocenters. The number of aryl methyl sites for hydroxylation is 3. The number of nitrogens with one attached hydrogen (secondary N) is 1. The average molecular weight is 316 g/mol. The monoisotopic (exact) mass is 316 g/mol. The number of benzene rings is 1. The summed E-state index contributed by atoms with van der Waals surface area (Å²) in [7, 11) is 0. The quantitative estimate of drug-likeness (QED) is 0.671. The molecule has 3 amide bonds. The van der Waals surface area contributed by atoms with E-state index in [2.05, 4.69) is 5.32 Å². The maximum atomic E-state index is 12.5. The smallest absolute Gasteiger partial charge is 0.325 e. The predicted molar refractivity (Wildman–Crippen MR) is 88.5 cm³/mol. The maximum Gasteiger partial charge on any atom is 0.325 e. The van der Waals surface area contributed by atoms with Crippen molar-refractivity contribution in [1.29, 1.82) is 0 Å². The lowest BCUT2D eigenvalue weighted by molar-refractivity contribution is -0.127. The molecule has 1 aromatic rings. The first-order chi connectivity index (χ1) is 10.7. The predicted octanol–water partition coefficient (Wildman–Crippen LogP) is 2.76. The molecule has 0 radical (unpaired) electrons. The van der Waals surface area contributed by atoms with Gasteiger partial charge in [-0.25, -0.2) is 4.79 Å². The lowest BCUT2D eigenvalue weighted by atomic mass is 9.98. The van der Waals surface area contributed by atoms with Gasteiger partial charge in [-0.2, -0.15) is 0 Å². The summed E-state index contributed by atoms with van der Waals surface area (Å²) in [6.07, 6.45) is 0.581. The van der Waals surface area contributed by atoms with Crippen molar-refractivity contribution >= 4 is 17.7 Å². The third-order valence-corrected chi connectivity index (χ3v) is 4.26. The number of rotatable bonds is 5. The van der Waals surface area contributed by atoms with E-state index >= 15 is 0 Å². The van der Waals surface area contributed by atoms with Crippen LogP contribution in [-0.4, -0.2) is 35.2 Å². The zero-order valence-corrected chi connectivity index (χ0v) is 14.4. The minimum Gasteiger partial charge on any atom is -0.326 e. The molecule has 0 aliphatic carbocycles. The largest absolute Gasteiger partial charge is 0.326 e. The highest BCUT2D eigenvalue weighted by atomic mass is 16.2. The number of imide groups is 1. The van der Waals surface area contributed by atoms with E-state index in [4.69, 9.17) is 0 Å². The Morgan fingerprint density at radius 2 is 1.74 bits per heavy atom. The molecule has 2 rings (SSSR count). The van der Waals surface area contributed by atoms with E-state index in [-0.39, 0.29) is 18.2 Å². The van der Waals surface area contributed by atoms with Gasteiger partial charge in [0.05, 0.1) is 6.54 Å². The molecule has 5 heteroatoms. The summed E-state index contributed by atoms with van der Waals surface area (Å²) < 4.78 is 0. The zero-order valence-electron chi connectivity index (χ0n) is 14.4. The molecule has 1 aliphatic heterocycles. The number of carbonyl (C=O) groups excluding carboxylic acids is 3. The molecule has 0 aromatic heterocycles. The van der Waals surface area contributed by atoms with E-state index < -0.39 is 12.1 Å². The number of nitrogens with zero attached hydrogens (tertiary/aromatic N) is 1. The van der Waals surface area contributed by atoms with Gasteiger partial charge in [0.25, 0.3) is 5.91 Å². The highest BCUT2D eigenvalue weighted by Crippen LogP contribution is 2.18. The fraction of sp³-hybridized carbons (Fsp3) is 0.500. The van der Waals surface area contributed by atoms with Crippen molar-refractivity contribution in [1.82, 2.24) is 10.2 Å². The van der Waals surface area contributed by atoms with Crippen LogP contribution in [0.3, 0.4) is 0 Å². The molecule has 23 heavy (non-hydrogen) atoms. The van der Waals surface area contributed by atoms with Gasteiger partial charge in [-0.15, -0.1) is 0 Å². The van der Waals surface area contributed by atoms with Crippen LogP contribution in [0.15, 0.2) is 12.1 Å². The molecular formula is C18H24N2O3. The van der Waals surface area contributed by atoms with E-state index in [1.165, 1.54) is 0 Å². The highest BCUT2D eigenvalue weighted by molar-refractivity contribution is 6.09. The summed E-state index contributed by atoms with van der Waals surface area (Å²) in [6, 6.07) is 2.79. The van der Waals surface area contributed by atoms with Gasteiger partial charge in [0.1, 0.15) is 6.04 Å². The molecule has 0 saturated carbocycles. The SMILES string of the molecule is Cc1cc(C)c(C(=O)CN2C(=O)NC(CC(C)C)C2=O)cc1C. The van der Waals surface area contributed by atoms with Crippen LogP contribution in [-0.2, 0) is 4.79 Å². The number of carbonyl (C=O) groups is 3. The number of amides is 3. The molecule has 1 heterocycles. The summed E-state index contributed by atoms with van der Waals surface area (Å²) in [5.74, 6) is -0.222. The van der Waals surface area contributed by atoms with Gasteiger partial charge in [-0.05, 0) is 55.9 Å². The van der Waals surface area contributed by atoms with Gasteiger partial charge in [0.15, 0.2) is 5.78 Å². The van der Waals surface area contributed by atoms with Crippen molar-refractivity contribution in [3.63, 3.8) is 0 Å². The second-order valence-electron chi connectivity index (χ2n) is 6.73. The Kier molecular flexibility index (Phi) is 4.88. The van der Waals surface area contributed by atoms with Gasteiger partial charge < -0.3 is 5.32 Å². The van der Waals surface area contributed by atoms with E-state index in [1.54, 1.807) is 0 Å². The van der Waals surface area contributed by atoms with Crippen LogP contribution in [0.4, 0.5) is 4.79 Å². The Hall–Kier alpha value is -2.17. The van der Waals surface area contributed by atoms with Gasteiger partial charge in [-0.1, -0.05) is 19.9 Å². The van der Waals surface area contributed by atoms with Crippen LogP contribution >= 0.6 is 0 Å². The van der Waals surface area contributed by atoms with Crippen molar-refractivity contribution in [2.45, 2.75) is 47.1 Å². The summed E-state index contributed by atoms with van der Waals surface area (Å²) in [5, 5.41) is 2.66. The lowest BCUT2D eigenvalue weighted by Gasteiger charge is -2.15. The molecule has 1 fully saturated rings. The maximum absolute atomic E-state index is 12.5. The van der Waals surface area contributed by atoms with Crippen molar-refractivity contribution in [3.8, 4) is 0 Å². The first-order valence-corrected chi connectivity index (χ1v) is 7.93. The van der Waals surface area contributed by atoms with E-state index in [0.29, 0.717) is 17.9 Å². The standard InChI is InChI=1S/C18H24N2O3/c1-10(2)6-15-17(22)20(18(23)19-15)9-16(21)14-8-12(4)11(3)7-13(14)5/h7-8,10,15H,6,9H2,1-5H3,(H,19,23). The summed E-state index contributed by atoms with van der Waals surface area (Å²) >= 11 is 0.